The molecule has 0 radical (unpaired) electrons. The Morgan fingerprint density at radius 3 is 2.00 bits per heavy atom. The minimum Gasteiger partial charge on any atom is -0.304 e. The third-order valence-electron chi connectivity index (χ3n) is 1.65. The predicted molar refractivity (Wildman–Crippen MR) is 41.3 cm³/mol. The van der Waals surface area contributed by atoms with Crippen molar-refractivity contribution >= 4 is 8.41 Å². The lowest BCUT2D eigenvalue weighted by molar-refractivity contribution is 0.359. The normalized spacial score (nSPS) is 20.6. The molecule has 0 N–H and O–H groups in total. The molecular formula is C6H16BN. The second kappa shape index (κ2) is 3.96. The third-order valence-corrected chi connectivity index (χ3v) is 1.65. The lowest BCUT2D eigenvalue weighted by Gasteiger charge is -2.08. The number of hydrogen-bond acceptors (Lipinski definition) is 1. The van der Waals surface area contributed by atoms with Gasteiger partial charge in [0.2, 0.25) is 0 Å². The van der Waals surface area contributed by atoms with E-state index in [-0.39, 0.29) is 8.41 Å². The molecule has 0 aromatic rings. The summed E-state index contributed by atoms with van der Waals surface area (Å²) in [6.45, 7) is 6.16. The largest absolute Gasteiger partial charge is 0.304 e. The Labute approximate surface area is 53.6 Å². The molecule has 1 heterocycles. The number of rotatable bonds is 1. The molecule has 0 aromatic carbocycles. The van der Waals surface area contributed by atoms with Gasteiger partial charge >= 0.3 is 0 Å². The van der Waals surface area contributed by atoms with Crippen LogP contribution in [0.5, 0.6) is 0 Å². The van der Waals surface area contributed by atoms with Crippen LogP contribution in [-0.2, 0) is 0 Å². The zero-order valence-corrected chi connectivity index (χ0v) is 4.98. The van der Waals surface area contributed by atoms with Gasteiger partial charge in [0.05, 0.1) is 8.41 Å². The highest BCUT2D eigenvalue weighted by Gasteiger charge is 2.06. The van der Waals surface area contributed by atoms with Gasteiger partial charge in [-0.1, -0.05) is 6.92 Å². The quantitative estimate of drug-likeness (QED) is 0.430. The van der Waals surface area contributed by atoms with Crippen LogP contribution in [0.15, 0.2) is 0 Å². The molecule has 0 saturated carbocycles. The molecule has 1 rings (SSSR count). The zero-order chi connectivity index (χ0) is 5.11. The van der Waals surface area contributed by atoms with Gasteiger partial charge in [0.15, 0.2) is 0 Å². The first-order valence-corrected chi connectivity index (χ1v) is 3.16. The Morgan fingerprint density at radius 2 is 1.75 bits per heavy atom. The summed E-state index contributed by atoms with van der Waals surface area (Å²) in [4.78, 5) is 2.49. The second-order valence-corrected chi connectivity index (χ2v) is 2.14. The van der Waals surface area contributed by atoms with Crippen LogP contribution in [0.2, 0.25) is 0 Å². The van der Waals surface area contributed by atoms with Gasteiger partial charge < -0.3 is 4.90 Å². The average Bonchev–Trinajstić information content (AvgIpc) is 2.14. The Balaban J connectivity index is 0.000000490. The molecular weight excluding hydrogens is 96.9 g/mol. The van der Waals surface area contributed by atoms with Gasteiger partial charge in [0.25, 0.3) is 0 Å². The maximum atomic E-state index is 2.49. The minimum absolute atomic E-state index is 0. The van der Waals surface area contributed by atoms with Crippen LogP contribution in [0.25, 0.3) is 0 Å². The monoisotopic (exact) mass is 113 g/mol. The zero-order valence-electron chi connectivity index (χ0n) is 4.98. The van der Waals surface area contributed by atoms with Crippen LogP contribution in [0.1, 0.15) is 19.8 Å². The molecule has 0 atom stereocenters. The molecule has 0 spiro atoms. The van der Waals surface area contributed by atoms with E-state index in [1.807, 2.05) is 0 Å². The minimum atomic E-state index is 0. The lowest BCUT2D eigenvalue weighted by Crippen LogP contribution is -2.17. The second-order valence-electron chi connectivity index (χ2n) is 2.14. The van der Waals surface area contributed by atoms with Gasteiger partial charge in [-0.25, -0.2) is 0 Å². The average molecular weight is 113 g/mol. The summed E-state index contributed by atoms with van der Waals surface area (Å²) in [5.74, 6) is 0. The highest BCUT2D eigenvalue weighted by Crippen LogP contribution is 2.04. The summed E-state index contributed by atoms with van der Waals surface area (Å²) in [6, 6.07) is 0. The summed E-state index contributed by atoms with van der Waals surface area (Å²) < 4.78 is 0. The van der Waals surface area contributed by atoms with Crippen LogP contribution in [0.3, 0.4) is 0 Å². The van der Waals surface area contributed by atoms with E-state index in [0.29, 0.717) is 0 Å². The summed E-state index contributed by atoms with van der Waals surface area (Å²) in [5.41, 5.74) is 0. The Bertz CT molecular complexity index is 50.5. The fourth-order valence-electron chi connectivity index (χ4n) is 1.10. The number of nitrogens with zero attached hydrogens (tertiary/aromatic N) is 1. The molecule has 1 aliphatic rings. The van der Waals surface area contributed by atoms with Crippen molar-refractivity contribution in [2.45, 2.75) is 19.8 Å². The fourth-order valence-corrected chi connectivity index (χ4v) is 1.10. The smallest absolute Gasteiger partial charge is 0.0814 e. The molecule has 0 amide bonds. The molecule has 1 fully saturated rings. The molecule has 1 nitrogen and oxygen atoms in total. The maximum absolute atomic E-state index is 2.49. The Morgan fingerprint density at radius 1 is 1.25 bits per heavy atom. The van der Waals surface area contributed by atoms with Gasteiger partial charge in [0, 0.05) is 0 Å². The van der Waals surface area contributed by atoms with E-state index in [2.05, 4.69) is 11.8 Å². The van der Waals surface area contributed by atoms with E-state index in [0.717, 1.165) is 0 Å². The molecule has 2 heteroatoms. The van der Waals surface area contributed by atoms with Crippen molar-refractivity contribution in [3.8, 4) is 0 Å². The van der Waals surface area contributed by atoms with Gasteiger partial charge in [-0.3, -0.25) is 0 Å². The highest BCUT2D eigenvalue weighted by molar-refractivity contribution is 5.75. The first kappa shape index (κ1) is 8.02. The summed E-state index contributed by atoms with van der Waals surface area (Å²) in [5, 5.41) is 0. The third kappa shape index (κ3) is 1.87. The van der Waals surface area contributed by atoms with Gasteiger partial charge in [-0.2, -0.15) is 0 Å². The van der Waals surface area contributed by atoms with Gasteiger partial charge in [0.1, 0.15) is 0 Å². The SMILES string of the molecule is B.CCN1CCCC1. The van der Waals surface area contributed by atoms with E-state index in [1.165, 1.54) is 32.5 Å². The van der Waals surface area contributed by atoms with E-state index < -0.39 is 0 Å². The van der Waals surface area contributed by atoms with Crippen LogP contribution >= 0.6 is 0 Å². The summed E-state index contributed by atoms with van der Waals surface area (Å²) >= 11 is 0. The maximum Gasteiger partial charge on any atom is 0.0814 e. The lowest BCUT2D eigenvalue weighted by atomic mass is 10.4. The molecule has 0 aliphatic carbocycles. The van der Waals surface area contributed by atoms with Gasteiger partial charge in [-0.05, 0) is 32.5 Å². The summed E-state index contributed by atoms with van der Waals surface area (Å²) in [7, 11) is 0. The van der Waals surface area contributed by atoms with E-state index in [1.54, 1.807) is 0 Å². The van der Waals surface area contributed by atoms with Crippen molar-refractivity contribution in [1.29, 1.82) is 0 Å². The number of hydrogen-bond donors (Lipinski definition) is 0. The predicted octanol–water partition coefficient (Wildman–Crippen LogP) is -0.0818. The van der Waals surface area contributed by atoms with Crippen LogP contribution in [-0.4, -0.2) is 32.9 Å². The standard InChI is InChI=1S/C6H13N.BH3/c1-2-7-5-3-4-6-7;/h2-6H2,1H3;1H3. The molecule has 8 heavy (non-hydrogen) atoms. The topological polar surface area (TPSA) is 3.24 Å². The van der Waals surface area contributed by atoms with Crippen molar-refractivity contribution in [3.05, 3.63) is 0 Å². The van der Waals surface area contributed by atoms with E-state index >= 15 is 0 Å². The van der Waals surface area contributed by atoms with Crippen LogP contribution < -0.4 is 0 Å². The van der Waals surface area contributed by atoms with Crippen LogP contribution in [0, 0.1) is 0 Å². The molecule has 0 unspecified atom stereocenters. The van der Waals surface area contributed by atoms with Crippen molar-refractivity contribution in [3.63, 3.8) is 0 Å². The first-order chi connectivity index (χ1) is 3.43. The fraction of sp³-hybridized carbons (Fsp3) is 1.00. The van der Waals surface area contributed by atoms with Crippen molar-refractivity contribution in [1.82, 2.24) is 4.90 Å². The molecule has 0 aromatic heterocycles. The summed E-state index contributed by atoms with van der Waals surface area (Å²) in [6.07, 6.45) is 2.85. The molecule has 1 saturated heterocycles. The van der Waals surface area contributed by atoms with Crippen molar-refractivity contribution < 1.29 is 0 Å². The first-order valence-electron chi connectivity index (χ1n) is 3.16. The van der Waals surface area contributed by atoms with Crippen molar-refractivity contribution in [2.75, 3.05) is 19.6 Å². The van der Waals surface area contributed by atoms with E-state index in [4.69, 9.17) is 0 Å². The number of likely N-dealkylation sites (tertiary alicyclic amines) is 1. The van der Waals surface area contributed by atoms with Gasteiger partial charge in [-0.15, -0.1) is 0 Å². The van der Waals surface area contributed by atoms with E-state index in [9.17, 15) is 0 Å². The highest BCUT2D eigenvalue weighted by atomic mass is 15.1. The van der Waals surface area contributed by atoms with Crippen LogP contribution in [0.4, 0.5) is 0 Å². The molecule has 48 valence electrons. The molecule has 0 bridgehead atoms. The molecule has 1 aliphatic heterocycles. The Hall–Kier alpha value is 0.0249. The Kier molecular flexibility index (Phi) is 3.97. The van der Waals surface area contributed by atoms with Crippen molar-refractivity contribution in [2.24, 2.45) is 0 Å².